The number of benzene rings is 1. The fraction of sp³-hybridized carbons (Fsp3) is 0.250. The maximum absolute atomic E-state index is 12.8. The zero-order valence-corrected chi connectivity index (χ0v) is 9.75. The number of aromatic nitrogens is 3. The number of carbonyl (C=O) groups excluding carboxylic acids is 1. The molecule has 0 aliphatic rings. The third kappa shape index (κ3) is 2.60. The van der Waals surface area contributed by atoms with Crippen LogP contribution in [0.4, 0.5) is 4.39 Å². The van der Waals surface area contributed by atoms with Crippen LogP contribution in [0.5, 0.6) is 0 Å². The molecule has 0 radical (unpaired) electrons. The molecule has 2 aromatic rings. The molecule has 6 heteroatoms. The Hall–Kier alpha value is -2.08. The molecule has 1 heterocycles. The summed E-state index contributed by atoms with van der Waals surface area (Å²) in [6.07, 6.45) is 1.94. The van der Waals surface area contributed by atoms with Crippen LogP contribution in [0, 0.1) is 5.82 Å². The quantitative estimate of drug-likeness (QED) is 0.822. The van der Waals surface area contributed by atoms with Gasteiger partial charge >= 0.3 is 0 Å². The molecule has 0 saturated heterocycles. The van der Waals surface area contributed by atoms with Crippen molar-refractivity contribution in [2.75, 3.05) is 0 Å². The van der Waals surface area contributed by atoms with E-state index in [4.69, 9.17) is 0 Å². The fourth-order valence-corrected chi connectivity index (χ4v) is 1.56. The first kappa shape index (κ1) is 12.4. The van der Waals surface area contributed by atoms with Gasteiger partial charge in [-0.1, -0.05) is 5.21 Å². The Balaban J connectivity index is 2.33. The average molecular weight is 249 g/mol. The monoisotopic (exact) mass is 249 g/mol. The molecule has 1 N–H and O–H groups in total. The van der Waals surface area contributed by atoms with Crippen LogP contribution in [0.25, 0.3) is 11.3 Å². The number of nitrogens with zero attached hydrogens (tertiary/aromatic N) is 3. The number of hydrogen-bond acceptors (Lipinski definition) is 4. The lowest BCUT2D eigenvalue weighted by molar-refractivity contribution is -0.123. The molecule has 0 aliphatic heterocycles. The molecular formula is C12H12FN3O2. The summed E-state index contributed by atoms with van der Waals surface area (Å²) in [5.74, 6) is -0.335. The summed E-state index contributed by atoms with van der Waals surface area (Å²) >= 11 is 0. The van der Waals surface area contributed by atoms with Crippen molar-refractivity contribution < 1.29 is 14.3 Å². The lowest BCUT2D eigenvalue weighted by Crippen LogP contribution is -2.32. The van der Waals surface area contributed by atoms with Gasteiger partial charge < -0.3 is 9.90 Å². The minimum absolute atomic E-state index is 0.0107. The Labute approximate surface area is 103 Å². The van der Waals surface area contributed by atoms with Crippen molar-refractivity contribution in [2.45, 2.75) is 19.1 Å². The summed E-state index contributed by atoms with van der Waals surface area (Å²) in [6.45, 7) is 1.37. The van der Waals surface area contributed by atoms with Gasteiger partial charge in [-0.25, -0.2) is 9.07 Å². The predicted octanol–water partition coefficient (Wildman–Crippen LogP) is 1.03. The van der Waals surface area contributed by atoms with E-state index in [1.807, 2.05) is 0 Å². The van der Waals surface area contributed by atoms with Gasteiger partial charge in [0.25, 0.3) is 0 Å². The lowest BCUT2D eigenvalue weighted by Gasteiger charge is -2.16. The molecule has 0 aliphatic carbocycles. The van der Waals surface area contributed by atoms with Gasteiger partial charge in [-0.15, -0.1) is 5.10 Å². The molecule has 1 atom stereocenters. The second kappa shape index (κ2) is 4.66. The van der Waals surface area contributed by atoms with E-state index >= 15 is 0 Å². The first-order valence-electron chi connectivity index (χ1n) is 5.35. The van der Waals surface area contributed by atoms with Gasteiger partial charge in [0, 0.05) is 5.56 Å². The smallest absolute Gasteiger partial charge is 0.153 e. The number of hydrogen-bond donors (Lipinski definition) is 1. The van der Waals surface area contributed by atoms with Crippen LogP contribution in [0.15, 0.2) is 30.5 Å². The standard InChI is InChI=1S/C12H12FN3O2/c1-12(18,8-17)7-16-11(6-14-15-16)9-2-4-10(13)5-3-9/h2-6,8,18H,7H2,1H3/t12-/m0/s1. The molecule has 0 amide bonds. The molecule has 1 aromatic heterocycles. The summed E-state index contributed by atoms with van der Waals surface area (Å²) in [5, 5.41) is 17.2. The second-order valence-electron chi connectivity index (χ2n) is 4.26. The predicted molar refractivity (Wildman–Crippen MR) is 62.1 cm³/mol. The van der Waals surface area contributed by atoms with E-state index < -0.39 is 5.60 Å². The van der Waals surface area contributed by atoms with Gasteiger partial charge in [-0.3, -0.25) is 0 Å². The maximum atomic E-state index is 12.8. The van der Waals surface area contributed by atoms with Crippen molar-refractivity contribution in [3.8, 4) is 11.3 Å². The van der Waals surface area contributed by atoms with Gasteiger partial charge in [-0.2, -0.15) is 0 Å². The molecular weight excluding hydrogens is 237 g/mol. The van der Waals surface area contributed by atoms with Gasteiger partial charge in [0.2, 0.25) is 0 Å². The average Bonchev–Trinajstić information content (AvgIpc) is 2.77. The Morgan fingerprint density at radius 1 is 1.44 bits per heavy atom. The molecule has 94 valence electrons. The van der Waals surface area contributed by atoms with Crippen molar-refractivity contribution in [1.29, 1.82) is 0 Å². The topological polar surface area (TPSA) is 68.0 Å². The highest BCUT2D eigenvalue weighted by Crippen LogP contribution is 2.19. The Bertz CT molecular complexity index is 549. The SMILES string of the molecule is C[C@@](O)(C=O)Cn1nncc1-c1ccc(F)cc1. The molecule has 0 unspecified atom stereocenters. The maximum Gasteiger partial charge on any atom is 0.153 e. The first-order valence-corrected chi connectivity index (χ1v) is 5.35. The number of rotatable bonds is 4. The summed E-state index contributed by atoms with van der Waals surface area (Å²) in [5.41, 5.74) is -0.192. The second-order valence-corrected chi connectivity index (χ2v) is 4.26. The van der Waals surface area contributed by atoms with Crippen LogP contribution in [0.1, 0.15) is 6.92 Å². The van der Waals surface area contributed by atoms with Crippen molar-refractivity contribution in [3.05, 3.63) is 36.3 Å². The van der Waals surface area contributed by atoms with Crippen molar-refractivity contribution in [1.82, 2.24) is 15.0 Å². The van der Waals surface area contributed by atoms with E-state index in [-0.39, 0.29) is 12.4 Å². The third-order valence-corrected chi connectivity index (χ3v) is 2.48. The van der Waals surface area contributed by atoms with Crippen LogP contribution < -0.4 is 0 Å². The summed E-state index contributed by atoms with van der Waals surface area (Å²) < 4.78 is 14.2. The third-order valence-electron chi connectivity index (χ3n) is 2.48. The Morgan fingerprint density at radius 2 is 2.11 bits per heavy atom. The molecule has 1 aromatic carbocycles. The van der Waals surface area contributed by atoms with Crippen molar-refractivity contribution in [2.24, 2.45) is 0 Å². The highest BCUT2D eigenvalue weighted by Gasteiger charge is 2.22. The molecule has 18 heavy (non-hydrogen) atoms. The minimum atomic E-state index is -1.51. The van der Waals surface area contributed by atoms with Crippen LogP contribution in [0.3, 0.4) is 0 Å². The van der Waals surface area contributed by atoms with Crippen molar-refractivity contribution >= 4 is 6.29 Å². The summed E-state index contributed by atoms with van der Waals surface area (Å²) in [7, 11) is 0. The molecule has 2 rings (SSSR count). The number of aldehydes is 1. The molecule has 0 fully saturated rings. The van der Waals surface area contributed by atoms with Gasteiger partial charge in [0.05, 0.1) is 18.4 Å². The minimum Gasteiger partial charge on any atom is -0.381 e. The number of aliphatic hydroxyl groups is 1. The zero-order chi connectivity index (χ0) is 13.2. The highest BCUT2D eigenvalue weighted by atomic mass is 19.1. The molecule has 0 saturated carbocycles. The number of halogens is 1. The highest BCUT2D eigenvalue weighted by molar-refractivity contribution is 5.62. The summed E-state index contributed by atoms with van der Waals surface area (Å²) in [4.78, 5) is 10.7. The van der Waals surface area contributed by atoms with Crippen LogP contribution in [-0.2, 0) is 11.3 Å². The van der Waals surface area contributed by atoms with Crippen LogP contribution >= 0.6 is 0 Å². The fourth-order valence-electron chi connectivity index (χ4n) is 1.56. The number of carbonyl (C=O) groups is 1. The van der Waals surface area contributed by atoms with E-state index in [0.29, 0.717) is 17.5 Å². The van der Waals surface area contributed by atoms with Crippen molar-refractivity contribution in [3.63, 3.8) is 0 Å². The Morgan fingerprint density at radius 3 is 2.72 bits per heavy atom. The Kier molecular flexibility index (Phi) is 3.20. The summed E-state index contributed by atoms with van der Waals surface area (Å²) in [6, 6.07) is 5.81. The van der Waals surface area contributed by atoms with E-state index in [0.717, 1.165) is 0 Å². The van der Waals surface area contributed by atoms with E-state index in [2.05, 4.69) is 10.3 Å². The normalized spacial score (nSPS) is 14.2. The van der Waals surface area contributed by atoms with Gasteiger partial charge in [0.15, 0.2) is 6.29 Å². The van der Waals surface area contributed by atoms with E-state index in [1.165, 1.54) is 29.9 Å². The molecule has 0 spiro atoms. The molecule has 5 nitrogen and oxygen atoms in total. The van der Waals surface area contributed by atoms with Gasteiger partial charge in [0.1, 0.15) is 11.4 Å². The molecule has 0 bridgehead atoms. The van der Waals surface area contributed by atoms with E-state index in [9.17, 15) is 14.3 Å². The van der Waals surface area contributed by atoms with Crippen LogP contribution in [-0.4, -0.2) is 32.0 Å². The van der Waals surface area contributed by atoms with E-state index in [1.54, 1.807) is 12.1 Å². The zero-order valence-electron chi connectivity index (χ0n) is 9.75. The van der Waals surface area contributed by atoms with Gasteiger partial charge in [-0.05, 0) is 31.2 Å². The van der Waals surface area contributed by atoms with Crippen LogP contribution in [0.2, 0.25) is 0 Å². The first-order chi connectivity index (χ1) is 8.52. The largest absolute Gasteiger partial charge is 0.381 e. The lowest BCUT2D eigenvalue weighted by atomic mass is 10.1.